The van der Waals surface area contributed by atoms with Crippen LogP contribution < -0.4 is 22.1 Å². The summed E-state index contributed by atoms with van der Waals surface area (Å²) >= 11 is 5.60. The molecule has 1 rings (SSSR count). The Morgan fingerprint density at radius 3 is 2.48 bits per heavy atom. The normalized spacial score (nSPS) is 18.8. The molecular formula is C19H35N5O5S2. The Labute approximate surface area is 193 Å². The molecule has 1 heterocycles. The van der Waals surface area contributed by atoms with Gasteiger partial charge in [-0.2, -0.15) is 24.4 Å². The molecule has 0 aromatic rings. The standard InChI is InChI=1S/C19H35N5O5S2/c1-31-10-7-13(19(28)29)22-16(25)14(11-30)23-17(26)15-6-4-9-24(15)18(27)12(21)5-2-3-8-20/h12-15,30H,2-11,20-21H2,1H3,(H,22,25)(H,23,26)(H,28,29). The number of unbranched alkanes of at least 4 members (excludes halogenated alkanes) is 1. The van der Waals surface area contributed by atoms with E-state index in [0.29, 0.717) is 38.1 Å². The summed E-state index contributed by atoms with van der Waals surface area (Å²) < 4.78 is 0. The summed E-state index contributed by atoms with van der Waals surface area (Å²) in [7, 11) is 0. The summed E-state index contributed by atoms with van der Waals surface area (Å²) in [5.41, 5.74) is 11.5. The van der Waals surface area contributed by atoms with Crippen molar-refractivity contribution in [1.82, 2.24) is 15.5 Å². The van der Waals surface area contributed by atoms with Crippen molar-refractivity contribution in [2.24, 2.45) is 11.5 Å². The maximum absolute atomic E-state index is 12.8. The number of likely N-dealkylation sites (tertiary alicyclic amines) is 1. The first-order chi connectivity index (χ1) is 14.8. The van der Waals surface area contributed by atoms with E-state index in [1.165, 1.54) is 16.7 Å². The molecule has 178 valence electrons. The molecule has 1 saturated heterocycles. The van der Waals surface area contributed by atoms with Crippen molar-refractivity contribution in [1.29, 1.82) is 0 Å². The number of carboxylic acids is 1. The van der Waals surface area contributed by atoms with Crippen LogP contribution in [0, 0.1) is 0 Å². The highest BCUT2D eigenvalue weighted by molar-refractivity contribution is 7.98. The van der Waals surface area contributed by atoms with Crippen LogP contribution in [-0.4, -0.2) is 88.7 Å². The molecule has 1 fully saturated rings. The number of carboxylic acid groups (broad SMARTS) is 1. The maximum atomic E-state index is 12.8. The molecule has 0 bridgehead atoms. The first-order valence-corrected chi connectivity index (χ1v) is 12.5. The molecule has 4 atom stereocenters. The molecule has 12 heteroatoms. The van der Waals surface area contributed by atoms with Crippen LogP contribution in [0.4, 0.5) is 0 Å². The number of hydrogen-bond acceptors (Lipinski definition) is 8. The molecule has 31 heavy (non-hydrogen) atoms. The van der Waals surface area contributed by atoms with E-state index in [4.69, 9.17) is 11.5 Å². The first-order valence-electron chi connectivity index (χ1n) is 10.5. The maximum Gasteiger partial charge on any atom is 0.326 e. The van der Waals surface area contributed by atoms with Gasteiger partial charge in [-0.25, -0.2) is 4.79 Å². The Bertz CT molecular complexity index is 624. The van der Waals surface area contributed by atoms with Crippen molar-refractivity contribution in [2.75, 3.05) is 30.9 Å². The molecule has 4 unspecified atom stereocenters. The van der Waals surface area contributed by atoms with Gasteiger partial charge < -0.3 is 32.1 Å². The number of nitrogens with one attached hydrogen (secondary N) is 2. The third-order valence-corrected chi connectivity index (χ3v) is 6.17. The van der Waals surface area contributed by atoms with Crippen LogP contribution in [0.3, 0.4) is 0 Å². The largest absolute Gasteiger partial charge is 0.480 e. The minimum absolute atomic E-state index is 0.00822. The van der Waals surface area contributed by atoms with E-state index in [0.717, 1.165) is 12.8 Å². The quantitative estimate of drug-likeness (QED) is 0.139. The van der Waals surface area contributed by atoms with Crippen molar-refractivity contribution in [2.45, 2.75) is 62.7 Å². The molecule has 7 N–H and O–H groups in total. The molecule has 0 spiro atoms. The summed E-state index contributed by atoms with van der Waals surface area (Å²) in [6.45, 7) is 0.956. The van der Waals surface area contributed by atoms with Crippen molar-refractivity contribution in [3.05, 3.63) is 0 Å². The Hall–Kier alpha value is -1.50. The topological polar surface area (TPSA) is 168 Å². The van der Waals surface area contributed by atoms with Gasteiger partial charge in [-0.15, -0.1) is 0 Å². The lowest BCUT2D eigenvalue weighted by Crippen LogP contribution is -2.57. The molecule has 3 amide bonds. The van der Waals surface area contributed by atoms with E-state index in [-0.39, 0.29) is 18.1 Å². The second-order valence-corrected chi connectivity index (χ2v) is 8.86. The number of amides is 3. The number of carbonyl (C=O) groups excluding carboxylic acids is 3. The monoisotopic (exact) mass is 477 g/mol. The number of thioether (sulfide) groups is 1. The van der Waals surface area contributed by atoms with Gasteiger partial charge in [0.2, 0.25) is 17.7 Å². The molecule has 1 aliphatic heterocycles. The smallest absolute Gasteiger partial charge is 0.326 e. The van der Waals surface area contributed by atoms with Crippen LogP contribution in [0.1, 0.15) is 38.5 Å². The number of thiol groups is 1. The van der Waals surface area contributed by atoms with Crippen molar-refractivity contribution >= 4 is 48.1 Å². The van der Waals surface area contributed by atoms with Gasteiger partial charge in [0.1, 0.15) is 18.1 Å². The van der Waals surface area contributed by atoms with Gasteiger partial charge in [-0.05, 0) is 50.7 Å². The predicted octanol–water partition coefficient (Wildman–Crippen LogP) is -0.829. The zero-order valence-electron chi connectivity index (χ0n) is 17.9. The minimum Gasteiger partial charge on any atom is -0.480 e. The highest BCUT2D eigenvalue weighted by atomic mass is 32.2. The molecule has 10 nitrogen and oxygen atoms in total. The van der Waals surface area contributed by atoms with Gasteiger partial charge in [0, 0.05) is 12.3 Å². The average Bonchev–Trinajstić information content (AvgIpc) is 3.23. The third-order valence-electron chi connectivity index (χ3n) is 5.17. The lowest BCUT2D eigenvalue weighted by atomic mass is 10.1. The van der Waals surface area contributed by atoms with Crippen LogP contribution in [0.2, 0.25) is 0 Å². The lowest BCUT2D eigenvalue weighted by Gasteiger charge is -2.28. The first kappa shape index (κ1) is 27.5. The molecule has 1 aliphatic rings. The number of aliphatic carboxylic acids is 1. The summed E-state index contributed by atoms with van der Waals surface area (Å²) in [5, 5.41) is 14.4. The van der Waals surface area contributed by atoms with Gasteiger partial charge in [0.25, 0.3) is 0 Å². The summed E-state index contributed by atoms with van der Waals surface area (Å²) in [6, 6.07) is -3.47. The van der Waals surface area contributed by atoms with Crippen molar-refractivity contribution in [3.63, 3.8) is 0 Å². The summed E-state index contributed by atoms with van der Waals surface area (Å²) in [6.07, 6.45) is 5.25. The van der Waals surface area contributed by atoms with E-state index in [9.17, 15) is 24.3 Å². The summed E-state index contributed by atoms with van der Waals surface area (Å²) in [4.78, 5) is 50.9. The van der Waals surface area contributed by atoms with Gasteiger partial charge in [-0.1, -0.05) is 6.42 Å². The number of rotatable bonds is 14. The fourth-order valence-corrected chi connectivity index (χ4v) is 4.10. The second-order valence-electron chi connectivity index (χ2n) is 7.51. The molecular weight excluding hydrogens is 442 g/mol. The van der Waals surface area contributed by atoms with E-state index in [1.54, 1.807) is 0 Å². The Kier molecular flexibility index (Phi) is 12.9. The predicted molar refractivity (Wildman–Crippen MR) is 124 cm³/mol. The van der Waals surface area contributed by atoms with Gasteiger partial charge in [0.05, 0.1) is 6.04 Å². The van der Waals surface area contributed by atoms with E-state index < -0.39 is 42.0 Å². The van der Waals surface area contributed by atoms with Crippen molar-refractivity contribution < 1.29 is 24.3 Å². The zero-order valence-corrected chi connectivity index (χ0v) is 19.6. The van der Waals surface area contributed by atoms with E-state index in [1.807, 2.05) is 6.26 Å². The van der Waals surface area contributed by atoms with Crippen LogP contribution >= 0.6 is 24.4 Å². The lowest BCUT2D eigenvalue weighted by molar-refractivity contribution is -0.143. The summed E-state index contributed by atoms with van der Waals surface area (Å²) in [5.74, 6) is -1.95. The van der Waals surface area contributed by atoms with E-state index in [2.05, 4.69) is 23.3 Å². The number of nitrogens with two attached hydrogens (primary N) is 2. The Morgan fingerprint density at radius 2 is 1.90 bits per heavy atom. The Morgan fingerprint density at radius 1 is 1.19 bits per heavy atom. The number of nitrogens with zero attached hydrogens (tertiary/aromatic N) is 1. The van der Waals surface area contributed by atoms with Crippen LogP contribution in [0.15, 0.2) is 0 Å². The van der Waals surface area contributed by atoms with Crippen molar-refractivity contribution in [3.8, 4) is 0 Å². The Balaban J connectivity index is 2.71. The number of hydrogen-bond donors (Lipinski definition) is 6. The highest BCUT2D eigenvalue weighted by Crippen LogP contribution is 2.19. The van der Waals surface area contributed by atoms with Gasteiger partial charge >= 0.3 is 5.97 Å². The fourth-order valence-electron chi connectivity index (χ4n) is 3.38. The zero-order chi connectivity index (χ0) is 23.4. The number of carbonyl (C=O) groups is 4. The third kappa shape index (κ3) is 8.87. The molecule has 0 radical (unpaired) electrons. The molecule has 0 aliphatic carbocycles. The van der Waals surface area contributed by atoms with Gasteiger partial charge in [-0.3, -0.25) is 14.4 Å². The van der Waals surface area contributed by atoms with Crippen LogP contribution in [-0.2, 0) is 19.2 Å². The average molecular weight is 478 g/mol. The van der Waals surface area contributed by atoms with Gasteiger partial charge in [0.15, 0.2) is 0 Å². The molecule has 0 aromatic heterocycles. The second kappa shape index (κ2) is 14.5. The SMILES string of the molecule is CSCCC(NC(=O)C(CS)NC(=O)C1CCCN1C(=O)C(N)CCCCN)C(=O)O. The fraction of sp³-hybridized carbons (Fsp3) is 0.789. The highest BCUT2D eigenvalue weighted by Gasteiger charge is 2.37. The van der Waals surface area contributed by atoms with Crippen LogP contribution in [0.5, 0.6) is 0 Å². The van der Waals surface area contributed by atoms with E-state index >= 15 is 0 Å². The molecule has 0 aromatic carbocycles. The minimum atomic E-state index is -1.14. The van der Waals surface area contributed by atoms with Crippen LogP contribution in [0.25, 0.3) is 0 Å². The molecule has 0 saturated carbocycles.